The van der Waals surface area contributed by atoms with Crippen LogP contribution in [0.4, 0.5) is 0 Å². The molecule has 0 aromatic heterocycles. The van der Waals surface area contributed by atoms with E-state index in [0.29, 0.717) is 19.4 Å². The molecule has 234 valence electrons. The number of hydrazone groups is 1. The third-order valence-corrected chi connectivity index (χ3v) is 8.99. The van der Waals surface area contributed by atoms with Gasteiger partial charge in [0.25, 0.3) is 5.91 Å². The van der Waals surface area contributed by atoms with E-state index in [1.54, 1.807) is 23.8 Å². The Kier molecular flexibility index (Phi) is 9.51. The van der Waals surface area contributed by atoms with E-state index in [9.17, 15) is 18.0 Å². The van der Waals surface area contributed by atoms with Gasteiger partial charge in [-0.2, -0.15) is 9.41 Å². The Hall–Kier alpha value is -3.12. The zero-order valence-electron chi connectivity index (χ0n) is 26.1. The molecule has 43 heavy (non-hydrogen) atoms. The molecule has 2 atom stereocenters. The summed E-state index contributed by atoms with van der Waals surface area (Å²) >= 11 is 0. The van der Waals surface area contributed by atoms with Gasteiger partial charge in [0, 0.05) is 31.6 Å². The summed E-state index contributed by atoms with van der Waals surface area (Å²) in [5.74, 6) is -0.576. The van der Waals surface area contributed by atoms with Gasteiger partial charge < -0.3 is 15.4 Å². The second-order valence-corrected chi connectivity index (χ2v) is 15.3. The third-order valence-electron chi connectivity index (χ3n) is 7.76. The number of carbonyl (C=O) groups is 2. The highest BCUT2D eigenvalue weighted by atomic mass is 32.2. The van der Waals surface area contributed by atoms with E-state index in [4.69, 9.17) is 15.6 Å². The first kappa shape index (κ1) is 32.8. The van der Waals surface area contributed by atoms with Gasteiger partial charge in [-0.1, -0.05) is 60.7 Å². The topological polar surface area (TPSA) is 126 Å². The van der Waals surface area contributed by atoms with Gasteiger partial charge in [0.2, 0.25) is 15.9 Å². The lowest BCUT2D eigenvalue weighted by Gasteiger charge is -2.43. The Morgan fingerprint density at radius 1 is 1.05 bits per heavy atom. The van der Waals surface area contributed by atoms with Gasteiger partial charge in [-0.05, 0) is 52.2 Å². The maximum Gasteiger partial charge on any atom is 0.257 e. The number of piperidine rings is 1. The van der Waals surface area contributed by atoms with Crippen molar-refractivity contribution < 1.29 is 22.7 Å². The zero-order valence-corrected chi connectivity index (χ0v) is 26.9. The molecule has 1 saturated heterocycles. The number of likely N-dealkylation sites (tertiary alicyclic amines) is 1. The number of fused-ring (bicyclic) bond motifs is 1. The first-order chi connectivity index (χ1) is 20.0. The van der Waals surface area contributed by atoms with Crippen molar-refractivity contribution >= 4 is 27.5 Å². The fraction of sp³-hybridized carbons (Fsp3) is 0.531. The number of sulfonamides is 1. The van der Waals surface area contributed by atoms with Gasteiger partial charge in [-0.15, -0.1) is 0 Å². The quantitative estimate of drug-likeness (QED) is 0.417. The Morgan fingerprint density at radius 2 is 1.63 bits per heavy atom. The molecule has 4 rings (SSSR count). The molecule has 2 aliphatic rings. The number of benzene rings is 2. The van der Waals surface area contributed by atoms with E-state index >= 15 is 0 Å². The number of nitrogens with two attached hydrogens (primary N) is 1. The highest BCUT2D eigenvalue weighted by Gasteiger charge is 2.56. The standard InChI is InChI=1S/C32H45N5O5S/c1-30(2,3)37-29(39)32(19-24-13-9-7-10-14-24)23-35(18-17-27(32)34-37)28(38)26(21-42-20-25-15-11-8-12-16-25)36(43(6,40)41)22-31(4,5)33/h7-16,26H,17-23,33H2,1-6H3/t26-,32+/m1/s1. The van der Waals surface area contributed by atoms with Crippen molar-refractivity contribution in [3.05, 3.63) is 71.8 Å². The number of amides is 2. The van der Waals surface area contributed by atoms with E-state index in [1.807, 2.05) is 81.4 Å². The van der Waals surface area contributed by atoms with Crippen LogP contribution in [0.25, 0.3) is 0 Å². The molecule has 10 nitrogen and oxygen atoms in total. The van der Waals surface area contributed by atoms with E-state index in [2.05, 4.69) is 0 Å². The van der Waals surface area contributed by atoms with Crippen molar-refractivity contribution in [2.24, 2.45) is 16.3 Å². The molecule has 1 fully saturated rings. The van der Waals surface area contributed by atoms with Crippen molar-refractivity contribution in [1.82, 2.24) is 14.2 Å². The molecule has 11 heteroatoms. The van der Waals surface area contributed by atoms with Crippen LogP contribution in [0.1, 0.15) is 52.2 Å². The minimum Gasteiger partial charge on any atom is -0.375 e. The lowest BCUT2D eigenvalue weighted by molar-refractivity contribution is -0.145. The third kappa shape index (κ3) is 7.70. The minimum atomic E-state index is -3.87. The van der Waals surface area contributed by atoms with Crippen LogP contribution in [0.15, 0.2) is 65.8 Å². The van der Waals surface area contributed by atoms with E-state index < -0.39 is 38.5 Å². The summed E-state index contributed by atoms with van der Waals surface area (Å²) in [6.45, 7) is 9.59. The fourth-order valence-corrected chi connectivity index (χ4v) is 6.89. The number of carbonyl (C=O) groups excluding carboxylic acids is 2. The molecular formula is C32H45N5O5S. The normalized spacial score (nSPS) is 20.3. The highest BCUT2D eigenvalue weighted by molar-refractivity contribution is 7.88. The lowest BCUT2D eigenvalue weighted by atomic mass is 9.73. The summed E-state index contributed by atoms with van der Waals surface area (Å²) in [6, 6.07) is 18.0. The summed E-state index contributed by atoms with van der Waals surface area (Å²) in [7, 11) is -3.87. The molecule has 0 bridgehead atoms. The second-order valence-electron chi connectivity index (χ2n) is 13.4. The summed E-state index contributed by atoms with van der Waals surface area (Å²) in [5.41, 5.74) is 6.38. The first-order valence-corrected chi connectivity index (χ1v) is 16.5. The average molecular weight is 612 g/mol. The summed E-state index contributed by atoms with van der Waals surface area (Å²) in [6.07, 6.45) is 1.86. The van der Waals surface area contributed by atoms with Gasteiger partial charge in [0.1, 0.15) is 11.5 Å². The molecule has 2 aliphatic heterocycles. The van der Waals surface area contributed by atoms with Gasteiger partial charge in [0.05, 0.1) is 30.7 Å². The average Bonchev–Trinajstić information content (AvgIpc) is 3.21. The number of hydrogen-bond acceptors (Lipinski definition) is 7. The summed E-state index contributed by atoms with van der Waals surface area (Å²) in [4.78, 5) is 30.2. The van der Waals surface area contributed by atoms with E-state index in [-0.39, 0.29) is 32.2 Å². The van der Waals surface area contributed by atoms with Crippen molar-refractivity contribution in [3.8, 4) is 0 Å². The molecule has 2 amide bonds. The molecular weight excluding hydrogens is 566 g/mol. The van der Waals surface area contributed by atoms with Gasteiger partial charge >= 0.3 is 0 Å². The summed E-state index contributed by atoms with van der Waals surface area (Å²) < 4.78 is 33.4. The van der Waals surface area contributed by atoms with E-state index in [1.165, 1.54) is 0 Å². The van der Waals surface area contributed by atoms with Crippen molar-refractivity contribution in [2.45, 2.75) is 71.2 Å². The van der Waals surface area contributed by atoms with Crippen molar-refractivity contribution in [1.29, 1.82) is 0 Å². The lowest BCUT2D eigenvalue weighted by Crippen LogP contribution is -2.62. The fourth-order valence-electron chi connectivity index (χ4n) is 5.71. The Labute approximate surface area is 255 Å². The van der Waals surface area contributed by atoms with Crippen molar-refractivity contribution in [2.75, 3.05) is 32.5 Å². The Morgan fingerprint density at radius 3 is 2.16 bits per heavy atom. The van der Waals surface area contributed by atoms with Gasteiger partial charge in [-0.3, -0.25) is 9.59 Å². The Bertz CT molecular complexity index is 1430. The van der Waals surface area contributed by atoms with Crippen LogP contribution in [0.3, 0.4) is 0 Å². The molecule has 2 N–H and O–H groups in total. The van der Waals surface area contributed by atoms with Crippen LogP contribution in [0.5, 0.6) is 0 Å². The first-order valence-electron chi connectivity index (χ1n) is 14.6. The monoisotopic (exact) mass is 611 g/mol. The number of ether oxygens (including phenoxy) is 1. The number of hydrogen-bond donors (Lipinski definition) is 1. The van der Waals surface area contributed by atoms with Crippen LogP contribution in [-0.2, 0) is 37.4 Å². The van der Waals surface area contributed by atoms with Gasteiger partial charge in [-0.25, -0.2) is 13.4 Å². The highest BCUT2D eigenvalue weighted by Crippen LogP contribution is 2.41. The van der Waals surface area contributed by atoms with Crippen LogP contribution in [0, 0.1) is 5.41 Å². The molecule has 0 saturated carbocycles. The predicted molar refractivity (Wildman–Crippen MR) is 168 cm³/mol. The molecule has 2 aromatic rings. The number of nitrogens with zero attached hydrogens (tertiary/aromatic N) is 4. The molecule has 2 aromatic carbocycles. The van der Waals surface area contributed by atoms with Crippen LogP contribution < -0.4 is 5.73 Å². The predicted octanol–water partition coefficient (Wildman–Crippen LogP) is 3.03. The largest absolute Gasteiger partial charge is 0.375 e. The van der Waals surface area contributed by atoms with Crippen LogP contribution >= 0.6 is 0 Å². The second kappa shape index (κ2) is 12.5. The van der Waals surface area contributed by atoms with Gasteiger partial charge in [0.15, 0.2) is 0 Å². The zero-order chi connectivity index (χ0) is 31.6. The molecule has 0 aliphatic carbocycles. The SMILES string of the molecule is CC(C)(N)CN([C@H](COCc1ccccc1)C(=O)N1CCC2=NN(C(C)(C)C)C(=O)[C@@]2(Cc2ccccc2)C1)S(C)(=O)=O. The maximum atomic E-state index is 14.4. The Balaban J connectivity index is 1.69. The summed E-state index contributed by atoms with van der Waals surface area (Å²) in [5, 5.41) is 6.33. The molecule has 0 radical (unpaired) electrons. The minimum absolute atomic E-state index is 0.0800. The van der Waals surface area contributed by atoms with E-state index in [0.717, 1.165) is 27.4 Å². The van der Waals surface area contributed by atoms with Crippen molar-refractivity contribution in [3.63, 3.8) is 0 Å². The molecule has 2 heterocycles. The smallest absolute Gasteiger partial charge is 0.257 e. The van der Waals surface area contributed by atoms with Crippen LogP contribution in [0.2, 0.25) is 0 Å². The molecule has 0 spiro atoms. The van der Waals surface area contributed by atoms with Crippen LogP contribution in [-0.4, -0.2) is 89.8 Å². The molecule has 0 unspecified atom stereocenters. The maximum absolute atomic E-state index is 14.4. The number of rotatable bonds is 11.